The number of ketones is 1. The largest absolute Gasteiger partial charge is 0.379 e. The van der Waals surface area contributed by atoms with Crippen LogP contribution in [0.1, 0.15) is 51.4 Å². The molecule has 2 fully saturated rings. The standard InChI is InChI=1S/C19H26N2O9/c22-14(13-20-15(23)5-6-16(20)24)3-1-9-28-11-12-29-10-2-4-19(27)30-21-17(25)7-8-18(21)26/h1-13H2. The smallest absolute Gasteiger partial charge is 0.333 e. The lowest BCUT2D eigenvalue weighted by Gasteiger charge is -2.12. The molecule has 0 aromatic carbocycles. The highest BCUT2D eigenvalue weighted by Crippen LogP contribution is 2.13. The van der Waals surface area contributed by atoms with Gasteiger partial charge in [-0.05, 0) is 12.8 Å². The number of carbonyl (C=O) groups is 6. The Morgan fingerprint density at radius 2 is 1.20 bits per heavy atom. The predicted molar refractivity (Wildman–Crippen MR) is 98.2 cm³/mol. The van der Waals surface area contributed by atoms with Crippen molar-refractivity contribution in [2.75, 3.05) is 33.0 Å². The Morgan fingerprint density at radius 3 is 1.77 bits per heavy atom. The van der Waals surface area contributed by atoms with Gasteiger partial charge in [-0.15, -0.1) is 5.06 Å². The number of hydroxylamine groups is 2. The van der Waals surface area contributed by atoms with Crippen molar-refractivity contribution in [2.24, 2.45) is 0 Å². The third-order valence-electron chi connectivity index (χ3n) is 4.47. The predicted octanol–water partition coefficient (Wildman–Crippen LogP) is -0.0947. The first-order chi connectivity index (χ1) is 14.4. The summed E-state index contributed by atoms with van der Waals surface area (Å²) in [6.45, 7) is 1.10. The molecule has 0 unspecified atom stereocenters. The number of nitrogens with zero attached hydrogens (tertiary/aromatic N) is 2. The van der Waals surface area contributed by atoms with Crippen LogP contribution in [0, 0.1) is 0 Å². The molecule has 0 bridgehead atoms. The van der Waals surface area contributed by atoms with Crippen LogP contribution < -0.4 is 0 Å². The van der Waals surface area contributed by atoms with Gasteiger partial charge in [0.25, 0.3) is 11.8 Å². The van der Waals surface area contributed by atoms with Gasteiger partial charge in [0.2, 0.25) is 11.8 Å². The SMILES string of the molecule is O=C(CCCOCCOCCCC(=O)ON1C(=O)CCC1=O)CN1C(=O)CCC1=O. The lowest BCUT2D eigenvalue weighted by Crippen LogP contribution is -2.34. The number of Topliss-reactive ketones (excluding diaryl/α,β-unsaturated/α-hetero) is 1. The zero-order chi connectivity index (χ0) is 21.9. The van der Waals surface area contributed by atoms with E-state index in [9.17, 15) is 28.8 Å². The summed E-state index contributed by atoms with van der Waals surface area (Å²) in [7, 11) is 0. The van der Waals surface area contributed by atoms with Crippen molar-refractivity contribution in [3.8, 4) is 0 Å². The highest BCUT2D eigenvalue weighted by molar-refractivity contribution is 6.04. The Bertz CT molecular complexity index is 601. The monoisotopic (exact) mass is 426 g/mol. The van der Waals surface area contributed by atoms with E-state index in [2.05, 4.69) is 0 Å². The van der Waals surface area contributed by atoms with E-state index in [1.165, 1.54) is 0 Å². The van der Waals surface area contributed by atoms with E-state index in [1.807, 2.05) is 0 Å². The second-order valence-electron chi connectivity index (χ2n) is 6.89. The second-order valence-corrected chi connectivity index (χ2v) is 6.89. The Labute approximate surface area is 173 Å². The summed E-state index contributed by atoms with van der Waals surface area (Å²) >= 11 is 0. The van der Waals surface area contributed by atoms with Crippen molar-refractivity contribution in [1.29, 1.82) is 0 Å². The van der Waals surface area contributed by atoms with Gasteiger partial charge in [-0.1, -0.05) is 0 Å². The summed E-state index contributed by atoms with van der Waals surface area (Å²) in [4.78, 5) is 74.6. The molecule has 0 saturated carbocycles. The van der Waals surface area contributed by atoms with Crippen molar-refractivity contribution in [1.82, 2.24) is 9.96 Å². The van der Waals surface area contributed by atoms with E-state index in [-0.39, 0.29) is 69.3 Å². The van der Waals surface area contributed by atoms with Crippen LogP contribution in [0.25, 0.3) is 0 Å². The van der Waals surface area contributed by atoms with Crippen molar-refractivity contribution in [2.45, 2.75) is 51.4 Å². The van der Waals surface area contributed by atoms with Crippen molar-refractivity contribution in [3.05, 3.63) is 0 Å². The topological polar surface area (TPSA) is 137 Å². The first kappa shape index (κ1) is 23.6. The molecule has 2 aliphatic heterocycles. The van der Waals surface area contributed by atoms with Gasteiger partial charge in [-0.3, -0.25) is 28.9 Å². The number of ether oxygens (including phenoxy) is 2. The Balaban J connectivity index is 1.39. The van der Waals surface area contributed by atoms with Crippen LogP contribution in [-0.2, 0) is 43.1 Å². The molecule has 4 amide bonds. The maximum atomic E-state index is 11.8. The first-order valence-electron chi connectivity index (χ1n) is 9.95. The number of imide groups is 2. The van der Waals surface area contributed by atoms with E-state index in [4.69, 9.17) is 14.3 Å². The average Bonchev–Trinajstić information content (AvgIpc) is 3.19. The molecule has 0 N–H and O–H groups in total. The Kier molecular flexibility index (Phi) is 9.55. The molecule has 11 heteroatoms. The van der Waals surface area contributed by atoms with Gasteiger partial charge in [0.1, 0.15) is 0 Å². The van der Waals surface area contributed by atoms with Crippen LogP contribution in [-0.4, -0.2) is 78.3 Å². The highest BCUT2D eigenvalue weighted by Gasteiger charge is 2.32. The summed E-state index contributed by atoms with van der Waals surface area (Å²) < 4.78 is 10.6. The van der Waals surface area contributed by atoms with E-state index < -0.39 is 17.8 Å². The quantitative estimate of drug-likeness (QED) is 0.275. The molecule has 0 aromatic heterocycles. The average molecular weight is 426 g/mol. The summed E-state index contributed by atoms with van der Waals surface area (Å²) in [6, 6.07) is 0. The third-order valence-corrected chi connectivity index (χ3v) is 4.47. The molecule has 0 aromatic rings. The minimum Gasteiger partial charge on any atom is -0.379 e. The molecule has 0 spiro atoms. The zero-order valence-corrected chi connectivity index (χ0v) is 16.8. The van der Waals surface area contributed by atoms with E-state index in [0.29, 0.717) is 37.7 Å². The highest BCUT2D eigenvalue weighted by atomic mass is 16.7. The number of amides is 4. The molecule has 0 radical (unpaired) electrons. The molecule has 166 valence electrons. The fraction of sp³-hybridized carbons (Fsp3) is 0.684. The molecular weight excluding hydrogens is 400 g/mol. The number of rotatable bonds is 14. The summed E-state index contributed by atoms with van der Waals surface area (Å²) in [5, 5.41) is 0.517. The number of hydrogen-bond donors (Lipinski definition) is 0. The van der Waals surface area contributed by atoms with Crippen LogP contribution in [0.3, 0.4) is 0 Å². The van der Waals surface area contributed by atoms with Gasteiger partial charge in [0.15, 0.2) is 5.78 Å². The molecule has 30 heavy (non-hydrogen) atoms. The molecule has 0 aliphatic carbocycles. The lowest BCUT2D eigenvalue weighted by atomic mass is 10.2. The third kappa shape index (κ3) is 7.64. The van der Waals surface area contributed by atoms with Crippen molar-refractivity contribution < 1.29 is 43.1 Å². The summed E-state index contributed by atoms with van der Waals surface area (Å²) in [5.74, 6) is -2.47. The maximum absolute atomic E-state index is 11.8. The molecular formula is C19H26N2O9. The zero-order valence-electron chi connectivity index (χ0n) is 16.8. The maximum Gasteiger partial charge on any atom is 0.333 e. The number of hydrogen-bond acceptors (Lipinski definition) is 9. The number of likely N-dealkylation sites (tertiary alicyclic amines) is 1. The molecule has 2 heterocycles. The van der Waals surface area contributed by atoms with Crippen molar-refractivity contribution in [3.63, 3.8) is 0 Å². The number of carbonyl (C=O) groups excluding carboxylic acids is 6. The fourth-order valence-electron chi connectivity index (χ4n) is 2.87. The van der Waals surface area contributed by atoms with Crippen LogP contribution in [0.4, 0.5) is 0 Å². The minimum absolute atomic E-state index is 0.0159. The summed E-state index contributed by atoms with van der Waals surface area (Å²) in [5.41, 5.74) is 0. The lowest BCUT2D eigenvalue weighted by molar-refractivity contribution is -0.197. The second kappa shape index (κ2) is 12.1. The van der Waals surface area contributed by atoms with Crippen LogP contribution in [0.5, 0.6) is 0 Å². The molecule has 2 aliphatic rings. The Morgan fingerprint density at radius 1 is 0.700 bits per heavy atom. The molecule has 11 nitrogen and oxygen atoms in total. The van der Waals surface area contributed by atoms with Gasteiger partial charge in [-0.2, -0.15) is 0 Å². The van der Waals surface area contributed by atoms with E-state index in [0.717, 1.165) is 4.90 Å². The van der Waals surface area contributed by atoms with Gasteiger partial charge in [-0.25, -0.2) is 4.79 Å². The van der Waals surface area contributed by atoms with Gasteiger partial charge in [0.05, 0.1) is 26.2 Å². The van der Waals surface area contributed by atoms with Gasteiger partial charge >= 0.3 is 5.97 Å². The van der Waals surface area contributed by atoms with Crippen LogP contribution in [0.15, 0.2) is 0 Å². The molecule has 2 rings (SSSR count). The minimum atomic E-state index is -0.666. The Hall–Kier alpha value is -2.66. The summed E-state index contributed by atoms with van der Waals surface area (Å²) in [6.07, 6.45) is 1.56. The van der Waals surface area contributed by atoms with Gasteiger partial charge in [0, 0.05) is 45.3 Å². The molecule has 0 atom stereocenters. The van der Waals surface area contributed by atoms with Gasteiger partial charge < -0.3 is 14.3 Å². The fourth-order valence-corrected chi connectivity index (χ4v) is 2.87. The van der Waals surface area contributed by atoms with E-state index >= 15 is 0 Å². The first-order valence-corrected chi connectivity index (χ1v) is 9.95. The van der Waals surface area contributed by atoms with Crippen molar-refractivity contribution >= 4 is 35.4 Å². The van der Waals surface area contributed by atoms with Crippen LogP contribution in [0.2, 0.25) is 0 Å². The van der Waals surface area contributed by atoms with E-state index in [1.54, 1.807) is 0 Å². The van der Waals surface area contributed by atoms with Crippen LogP contribution >= 0.6 is 0 Å². The normalized spacial score (nSPS) is 16.7. The molecule has 2 saturated heterocycles.